The molecule has 0 radical (unpaired) electrons. The van der Waals surface area contributed by atoms with Crippen LogP contribution >= 0.6 is 0 Å². The molecule has 0 spiro atoms. The molecule has 26 nitrogen and oxygen atoms in total. The molecule has 3 rings (SSSR count). The average molecular weight is 1010 g/mol. The standard InChI is InChI=1S/C46H63N11O15/c1-24(2)14-33(46(71)72)56-44(69)35(22-59)51-36(61)20-49-39(64)34(21-58)57-43(68)32(18-37(62)63)54-40(65)29(15-26-10-6-4-7-11-26)52-42(67)31(17-28-19-48-23-50-28)53-41(66)30(16-27-12-8-5-9-13-27)55-45(70)38(47)25(3)60/h4-13,19,23-25,29-35,38,58-60H,14-18,20-22,47H2,1-3H3,(H,48,50)(H,49,64)(H,51,61)(H,52,67)(H,53,66)(H,54,65)(H,55,70)(H,56,69)(H,57,68)(H,62,63)(H,71,72)/t25-,29+,30+,31+,32+,33+,34+,35+,38+/m1/s1. The predicted octanol–water partition coefficient (Wildman–Crippen LogP) is -4.75. The molecule has 0 fully saturated rings. The molecule has 26 heteroatoms. The minimum Gasteiger partial charge on any atom is -0.481 e. The molecule has 0 saturated heterocycles. The van der Waals surface area contributed by atoms with Crippen molar-refractivity contribution in [2.45, 2.75) is 107 Å². The molecule has 0 unspecified atom stereocenters. The average Bonchev–Trinajstić information content (AvgIpc) is 3.86. The van der Waals surface area contributed by atoms with Gasteiger partial charge in [0.25, 0.3) is 0 Å². The van der Waals surface area contributed by atoms with Crippen molar-refractivity contribution in [3.05, 3.63) is 90.0 Å². The number of benzene rings is 2. The molecular weight excluding hydrogens is 947 g/mol. The van der Waals surface area contributed by atoms with Crippen LogP contribution < -0.4 is 48.3 Å². The number of nitrogens with zero attached hydrogens (tertiary/aromatic N) is 1. The SMILES string of the molecule is CC(C)C[C@H](NC(=O)[C@H](CO)NC(=O)CNC(=O)[C@H](CO)NC(=O)[C@H](CC(=O)O)NC(=O)[C@H](Cc1ccccc1)NC(=O)[C@H](Cc1cnc[nH]1)NC(=O)[C@H](Cc1ccccc1)NC(=O)[C@@H](N)[C@@H](C)O)C(=O)O. The Kier molecular flexibility index (Phi) is 23.9. The number of carbonyl (C=O) groups excluding carboxylic acids is 8. The molecular formula is C46H63N11O15. The molecule has 2 aromatic carbocycles. The zero-order valence-corrected chi connectivity index (χ0v) is 39.7. The van der Waals surface area contributed by atoms with E-state index in [4.69, 9.17) is 5.73 Å². The van der Waals surface area contributed by atoms with Crippen LogP contribution in [0.15, 0.2) is 73.2 Å². The number of aliphatic carboxylic acids is 2. The number of nitrogens with two attached hydrogens (primary N) is 1. The van der Waals surface area contributed by atoms with Crippen LogP contribution in [0.2, 0.25) is 0 Å². The summed E-state index contributed by atoms with van der Waals surface area (Å²) < 4.78 is 0. The third-order valence-electron chi connectivity index (χ3n) is 10.7. The van der Waals surface area contributed by atoms with E-state index in [0.29, 0.717) is 16.8 Å². The van der Waals surface area contributed by atoms with Gasteiger partial charge in [-0.25, -0.2) is 9.78 Å². The number of carboxylic acids is 2. The summed E-state index contributed by atoms with van der Waals surface area (Å²) in [5.74, 6) is -11.5. The van der Waals surface area contributed by atoms with Gasteiger partial charge in [0.05, 0.1) is 38.6 Å². The van der Waals surface area contributed by atoms with Gasteiger partial charge in [0, 0.05) is 31.2 Å². The monoisotopic (exact) mass is 1010 g/mol. The quantitative estimate of drug-likeness (QED) is 0.0298. The Balaban J connectivity index is 1.82. The Morgan fingerprint density at radius 1 is 0.569 bits per heavy atom. The summed E-state index contributed by atoms with van der Waals surface area (Å²) in [5.41, 5.74) is 7.29. The zero-order valence-electron chi connectivity index (χ0n) is 39.7. The molecule has 72 heavy (non-hydrogen) atoms. The van der Waals surface area contributed by atoms with Gasteiger partial charge in [0.2, 0.25) is 47.3 Å². The molecule has 0 aliphatic rings. The number of rotatable bonds is 30. The van der Waals surface area contributed by atoms with Crippen LogP contribution in [0.25, 0.3) is 0 Å². The second-order valence-electron chi connectivity index (χ2n) is 17.1. The van der Waals surface area contributed by atoms with Crippen molar-refractivity contribution in [2.24, 2.45) is 11.7 Å². The van der Waals surface area contributed by atoms with Gasteiger partial charge in [0.1, 0.15) is 48.3 Å². The number of hydrogen-bond donors (Lipinski definition) is 15. The fraction of sp³-hybridized carbons (Fsp3) is 0.457. The highest BCUT2D eigenvalue weighted by atomic mass is 16.4. The van der Waals surface area contributed by atoms with Crippen molar-refractivity contribution >= 4 is 59.2 Å². The van der Waals surface area contributed by atoms with Crippen molar-refractivity contribution in [1.82, 2.24) is 52.5 Å². The number of imidazole rings is 1. The molecule has 1 aromatic heterocycles. The van der Waals surface area contributed by atoms with Gasteiger partial charge in [-0.05, 0) is 30.4 Å². The number of aromatic amines is 1. The smallest absolute Gasteiger partial charge is 0.326 e. The van der Waals surface area contributed by atoms with Crippen LogP contribution in [-0.4, -0.2) is 169 Å². The normalized spacial score (nSPS) is 14.8. The Hall–Kier alpha value is -7.81. The number of amides is 8. The van der Waals surface area contributed by atoms with Crippen molar-refractivity contribution in [2.75, 3.05) is 19.8 Å². The topological polar surface area (TPSA) is 423 Å². The van der Waals surface area contributed by atoms with Gasteiger partial charge in [0.15, 0.2) is 0 Å². The van der Waals surface area contributed by atoms with Crippen LogP contribution in [0.1, 0.15) is 50.4 Å². The zero-order chi connectivity index (χ0) is 53.5. The van der Waals surface area contributed by atoms with Gasteiger partial charge in [-0.1, -0.05) is 74.5 Å². The lowest BCUT2D eigenvalue weighted by atomic mass is 10.0. The molecule has 392 valence electrons. The number of aliphatic hydroxyl groups is 3. The highest BCUT2D eigenvalue weighted by molar-refractivity contribution is 5.98. The summed E-state index contributed by atoms with van der Waals surface area (Å²) in [6, 6.07) is 4.09. The van der Waals surface area contributed by atoms with Crippen molar-refractivity contribution < 1.29 is 73.5 Å². The first kappa shape index (κ1) is 58.5. The fourth-order valence-electron chi connectivity index (χ4n) is 6.79. The number of carboxylic acid groups (broad SMARTS) is 2. The third kappa shape index (κ3) is 19.9. The van der Waals surface area contributed by atoms with Crippen molar-refractivity contribution in [3.8, 4) is 0 Å². The highest BCUT2D eigenvalue weighted by Crippen LogP contribution is 2.10. The van der Waals surface area contributed by atoms with E-state index in [1.54, 1.807) is 74.5 Å². The van der Waals surface area contributed by atoms with E-state index in [2.05, 4.69) is 52.5 Å². The van der Waals surface area contributed by atoms with Gasteiger partial charge in [-0.15, -0.1) is 0 Å². The van der Waals surface area contributed by atoms with E-state index >= 15 is 0 Å². The summed E-state index contributed by atoms with van der Waals surface area (Å²) in [7, 11) is 0. The summed E-state index contributed by atoms with van der Waals surface area (Å²) in [6.07, 6.45) is -0.211. The number of carbonyl (C=O) groups is 10. The Morgan fingerprint density at radius 3 is 1.44 bits per heavy atom. The third-order valence-corrected chi connectivity index (χ3v) is 10.7. The van der Waals surface area contributed by atoms with E-state index in [9.17, 15) is 73.5 Å². The van der Waals surface area contributed by atoms with Crippen LogP contribution in [-0.2, 0) is 67.2 Å². The number of aromatic nitrogens is 2. The van der Waals surface area contributed by atoms with Crippen LogP contribution in [0.4, 0.5) is 0 Å². The van der Waals surface area contributed by atoms with Crippen LogP contribution in [0.5, 0.6) is 0 Å². The van der Waals surface area contributed by atoms with E-state index < -0.39 is 140 Å². The van der Waals surface area contributed by atoms with Gasteiger partial charge < -0.3 is 78.8 Å². The Bertz CT molecular complexity index is 2300. The maximum atomic E-state index is 14.3. The van der Waals surface area contributed by atoms with E-state index in [1.165, 1.54) is 19.4 Å². The molecule has 9 atom stereocenters. The number of aliphatic hydroxyl groups excluding tert-OH is 3. The summed E-state index contributed by atoms with van der Waals surface area (Å²) in [6.45, 7) is 1.77. The number of hydrogen-bond acceptors (Lipinski definition) is 15. The lowest BCUT2D eigenvalue weighted by Gasteiger charge is -2.27. The summed E-state index contributed by atoms with van der Waals surface area (Å²) in [5, 5.41) is 67.3. The van der Waals surface area contributed by atoms with Crippen LogP contribution in [0, 0.1) is 5.92 Å². The number of H-pyrrole nitrogens is 1. The van der Waals surface area contributed by atoms with Crippen molar-refractivity contribution in [1.29, 1.82) is 0 Å². The van der Waals surface area contributed by atoms with E-state index in [0.717, 1.165) is 0 Å². The van der Waals surface area contributed by atoms with Crippen LogP contribution in [0.3, 0.4) is 0 Å². The maximum Gasteiger partial charge on any atom is 0.326 e. The summed E-state index contributed by atoms with van der Waals surface area (Å²) >= 11 is 0. The van der Waals surface area contributed by atoms with Crippen molar-refractivity contribution in [3.63, 3.8) is 0 Å². The van der Waals surface area contributed by atoms with Gasteiger partial charge in [-0.2, -0.15) is 0 Å². The lowest BCUT2D eigenvalue weighted by molar-refractivity contribution is -0.143. The first-order valence-electron chi connectivity index (χ1n) is 22.7. The molecule has 0 saturated carbocycles. The number of nitrogens with one attached hydrogen (secondary N) is 9. The molecule has 1 heterocycles. The predicted molar refractivity (Wildman–Crippen MR) is 252 cm³/mol. The Morgan fingerprint density at radius 2 is 1.00 bits per heavy atom. The molecule has 0 aliphatic heterocycles. The Labute approximate surface area is 413 Å². The van der Waals surface area contributed by atoms with Gasteiger partial charge in [-0.3, -0.25) is 43.2 Å². The maximum absolute atomic E-state index is 14.3. The summed E-state index contributed by atoms with van der Waals surface area (Å²) in [4.78, 5) is 138. The lowest BCUT2D eigenvalue weighted by Crippen LogP contribution is -2.61. The van der Waals surface area contributed by atoms with E-state index in [-0.39, 0.29) is 31.6 Å². The largest absolute Gasteiger partial charge is 0.481 e. The molecule has 8 amide bonds. The first-order chi connectivity index (χ1) is 34.1. The second-order valence-corrected chi connectivity index (χ2v) is 17.1. The van der Waals surface area contributed by atoms with E-state index in [1.807, 2.05) is 0 Å². The minimum absolute atomic E-state index is 0.0405. The molecule has 16 N–H and O–H groups in total. The highest BCUT2D eigenvalue weighted by Gasteiger charge is 2.35. The molecule has 3 aromatic rings. The molecule has 0 aliphatic carbocycles. The fourth-order valence-corrected chi connectivity index (χ4v) is 6.79. The van der Waals surface area contributed by atoms with Gasteiger partial charge >= 0.3 is 11.9 Å². The molecule has 0 bridgehead atoms. The minimum atomic E-state index is -1.96. The second kappa shape index (κ2) is 29.4. The first-order valence-corrected chi connectivity index (χ1v) is 22.7.